The molecule has 0 spiro atoms. The molecule has 0 heterocycles. The van der Waals surface area contributed by atoms with E-state index in [0.29, 0.717) is 15.0 Å². The molecule has 0 saturated heterocycles. The van der Waals surface area contributed by atoms with Gasteiger partial charge in [0, 0.05) is 0 Å². The van der Waals surface area contributed by atoms with Crippen LogP contribution < -0.4 is 4.46 Å². The topological polar surface area (TPSA) is 32.7 Å². The molecule has 0 N–H and O–H groups in total. The van der Waals surface area contributed by atoms with E-state index in [1.54, 1.807) is 7.05 Å². The molecule has 0 amide bonds. The molecule has 0 atom stereocenters. The van der Waals surface area contributed by atoms with Crippen molar-refractivity contribution in [2.75, 3.05) is 12.5 Å². The Hall–Kier alpha value is -0.861. The summed E-state index contributed by atoms with van der Waals surface area (Å²) in [5.74, 6) is 0. The number of benzene rings is 1. The third-order valence-electron chi connectivity index (χ3n) is 1.30. The normalized spacial score (nSPS) is 9.42. The summed E-state index contributed by atoms with van der Waals surface area (Å²) in [7, 11) is 1.69. The van der Waals surface area contributed by atoms with Crippen molar-refractivity contribution in [3.63, 3.8) is 0 Å². The number of hydrogen-bond acceptors (Lipinski definition) is 2. The summed E-state index contributed by atoms with van der Waals surface area (Å²) >= 11 is 0.323. The molecule has 0 saturated carbocycles. The minimum atomic E-state index is 0.323. The number of nitroso groups, excluding NO2 is 1. The van der Waals surface area contributed by atoms with Crippen LogP contribution >= 0.6 is 0 Å². The van der Waals surface area contributed by atoms with Gasteiger partial charge in [-0.25, -0.2) is 0 Å². The predicted molar refractivity (Wildman–Crippen MR) is 50.3 cm³/mol. The quantitative estimate of drug-likeness (QED) is 0.430. The first-order valence-electron chi connectivity index (χ1n) is 3.55. The Morgan fingerprint density at radius 1 is 1.42 bits per heavy atom. The number of rotatable bonds is 4. The average Bonchev–Trinajstić information content (AvgIpc) is 2.16. The SMILES string of the molecule is CN(C[Se]c1ccccc1)N=O. The maximum absolute atomic E-state index is 10.0. The molecule has 0 unspecified atom stereocenters. The molecule has 0 aliphatic rings. The van der Waals surface area contributed by atoms with Crippen LogP contribution in [-0.4, -0.2) is 32.5 Å². The van der Waals surface area contributed by atoms with Crippen molar-refractivity contribution in [1.82, 2.24) is 5.01 Å². The Bertz CT molecular complexity index is 240. The summed E-state index contributed by atoms with van der Waals surface area (Å²) in [5, 5.41) is 4.23. The van der Waals surface area contributed by atoms with Gasteiger partial charge in [-0.05, 0) is 0 Å². The van der Waals surface area contributed by atoms with Gasteiger partial charge in [-0.15, -0.1) is 0 Å². The first kappa shape index (κ1) is 9.23. The van der Waals surface area contributed by atoms with Gasteiger partial charge in [0.25, 0.3) is 0 Å². The van der Waals surface area contributed by atoms with Gasteiger partial charge in [-0.2, -0.15) is 0 Å². The van der Waals surface area contributed by atoms with Crippen molar-refractivity contribution in [3.05, 3.63) is 35.2 Å². The van der Waals surface area contributed by atoms with Crippen molar-refractivity contribution in [3.8, 4) is 0 Å². The van der Waals surface area contributed by atoms with Crippen molar-refractivity contribution in [2.24, 2.45) is 5.29 Å². The molecule has 1 aromatic carbocycles. The van der Waals surface area contributed by atoms with Gasteiger partial charge >= 0.3 is 77.4 Å². The van der Waals surface area contributed by atoms with Gasteiger partial charge in [0.05, 0.1) is 0 Å². The van der Waals surface area contributed by atoms with Crippen molar-refractivity contribution >= 4 is 19.4 Å². The van der Waals surface area contributed by atoms with Gasteiger partial charge in [0.2, 0.25) is 0 Å². The predicted octanol–water partition coefficient (Wildman–Crippen LogP) is 0.587. The first-order valence-corrected chi connectivity index (χ1v) is 5.62. The Kier molecular flexibility index (Phi) is 3.77. The van der Waals surface area contributed by atoms with Crippen LogP contribution in [0.15, 0.2) is 35.6 Å². The first-order chi connectivity index (χ1) is 5.83. The molecule has 0 fully saturated rings. The van der Waals surface area contributed by atoms with Crippen molar-refractivity contribution in [2.45, 2.75) is 0 Å². The van der Waals surface area contributed by atoms with Crippen molar-refractivity contribution < 1.29 is 0 Å². The van der Waals surface area contributed by atoms with E-state index in [0.717, 1.165) is 5.44 Å². The summed E-state index contributed by atoms with van der Waals surface area (Å²) in [5.41, 5.74) is 0.737. The third kappa shape index (κ3) is 3.03. The second kappa shape index (κ2) is 4.91. The van der Waals surface area contributed by atoms with Gasteiger partial charge in [0.15, 0.2) is 0 Å². The van der Waals surface area contributed by atoms with Gasteiger partial charge in [-0.1, -0.05) is 0 Å². The standard InChI is InChI=1S/C8H10N2OSe/c1-10(9-11)7-12-8-5-3-2-4-6-8/h2-6H,7H2,1H3. The molecular weight excluding hydrogens is 219 g/mol. The molecule has 1 aromatic rings. The molecule has 12 heavy (non-hydrogen) atoms. The third-order valence-corrected chi connectivity index (χ3v) is 3.63. The molecule has 0 aromatic heterocycles. The summed E-state index contributed by atoms with van der Waals surface area (Å²) in [6, 6.07) is 10.1. The molecule has 1 rings (SSSR count). The Balaban J connectivity index is 2.38. The Morgan fingerprint density at radius 2 is 2.08 bits per heavy atom. The average molecular weight is 229 g/mol. The Morgan fingerprint density at radius 3 is 2.67 bits per heavy atom. The van der Waals surface area contributed by atoms with E-state index in [2.05, 4.69) is 17.4 Å². The summed E-state index contributed by atoms with van der Waals surface area (Å²) < 4.78 is 1.29. The Labute approximate surface area is 77.9 Å². The summed E-state index contributed by atoms with van der Waals surface area (Å²) in [4.78, 5) is 10.0. The molecule has 0 aliphatic carbocycles. The van der Waals surface area contributed by atoms with Crippen LogP contribution in [0.3, 0.4) is 0 Å². The van der Waals surface area contributed by atoms with Crippen LogP contribution in [0, 0.1) is 4.91 Å². The van der Waals surface area contributed by atoms with E-state index in [1.807, 2.05) is 18.2 Å². The van der Waals surface area contributed by atoms with Gasteiger partial charge in [-0.3, -0.25) is 0 Å². The molecule has 4 heteroatoms. The fourth-order valence-electron chi connectivity index (χ4n) is 0.708. The zero-order chi connectivity index (χ0) is 8.81. The number of nitrogens with zero attached hydrogens (tertiary/aromatic N) is 2. The van der Waals surface area contributed by atoms with E-state index >= 15 is 0 Å². The minimum absolute atomic E-state index is 0.323. The molecular formula is C8H10N2OSe. The van der Waals surface area contributed by atoms with Crippen LogP contribution in [0.2, 0.25) is 0 Å². The maximum atomic E-state index is 10.0. The van der Waals surface area contributed by atoms with Crippen LogP contribution in [0.5, 0.6) is 0 Å². The van der Waals surface area contributed by atoms with Crippen LogP contribution in [0.4, 0.5) is 0 Å². The van der Waals surface area contributed by atoms with Crippen molar-refractivity contribution in [1.29, 1.82) is 0 Å². The zero-order valence-electron chi connectivity index (χ0n) is 6.80. The van der Waals surface area contributed by atoms with E-state index in [4.69, 9.17) is 0 Å². The molecule has 3 nitrogen and oxygen atoms in total. The van der Waals surface area contributed by atoms with Gasteiger partial charge in [0.1, 0.15) is 0 Å². The molecule has 0 aliphatic heterocycles. The van der Waals surface area contributed by atoms with E-state index < -0.39 is 0 Å². The van der Waals surface area contributed by atoms with Crippen LogP contribution in [-0.2, 0) is 0 Å². The molecule has 64 valence electrons. The van der Waals surface area contributed by atoms with E-state index in [-0.39, 0.29) is 0 Å². The monoisotopic (exact) mass is 230 g/mol. The van der Waals surface area contributed by atoms with Crippen LogP contribution in [0.25, 0.3) is 0 Å². The van der Waals surface area contributed by atoms with Gasteiger partial charge < -0.3 is 0 Å². The van der Waals surface area contributed by atoms with E-state index in [9.17, 15) is 4.91 Å². The summed E-state index contributed by atoms with van der Waals surface area (Å²) in [6.07, 6.45) is 0. The second-order valence-electron chi connectivity index (χ2n) is 2.33. The fraction of sp³-hybridized carbons (Fsp3) is 0.250. The second-order valence-corrected chi connectivity index (χ2v) is 4.46. The summed E-state index contributed by atoms with van der Waals surface area (Å²) in [6.45, 7) is 0. The molecule has 0 radical (unpaired) electrons. The number of hydrogen-bond donors (Lipinski definition) is 0. The van der Waals surface area contributed by atoms with E-state index in [1.165, 1.54) is 9.47 Å². The fourth-order valence-corrected chi connectivity index (χ4v) is 2.25. The molecule has 0 bridgehead atoms. The van der Waals surface area contributed by atoms with Crippen LogP contribution in [0.1, 0.15) is 0 Å². The zero-order valence-corrected chi connectivity index (χ0v) is 8.52.